The van der Waals surface area contributed by atoms with Crippen molar-refractivity contribution in [2.24, 2.45) is 5.41 Å². The molecular formula is C32H32F2N8O5. The Morgan fingerprint density at radius 1 is 1.11 bits per heavy atom. The van der Waals surface area contributed by atoms with Crippen LogP contribution < -0.4 is 10.1 Å². The molecule has 2 N–H and O–H groups in total. The summed E-state index contributed by atoms with van der Waals surface area (Å²) in [5.74, 6) is -1.08. The van der Waals surface area contributed by atoms with Crippen LogP contribution in [-0.2, 0) is 11.3 Å². The van der Waals surface area contributed by atoms with E-state index in [1.807, 2.05) is 20.8 Å². The van der Waals surface area contributed by atoms with Gasteiger partial charge in [0.2, 0.25) is 5.91 Å². The van der Waals surface area contributed by atoms with Crippen LogP contribution in [0.1, 0.15) is 31.1 Å². The smallest absolute Gasteiger partial charge is 0.407 e. The Morgan fingerprint density at radius 2 is 1.85 bits per heavy atom. The molecule has 244 valence electrons. The molecule has 2 aromatic carbocycles. The van der Waals surface area contributed by atoms with Crippen molar-refractivity contribution in [3.05, 3.63) is 72.8 Å². The summed E-state index contributed by atoms with van der Waals surface area (Å²) in [6.07, 6.45) is 4.91. The van der Waals surface area contributed by atoms with Crippen molar-refractivity contribution in [2.75, 3.05) is 25.0 Å². The maximum atomic E-state index is 13.6. The van der Waals surface area contributed by atoms with Crippen molar-refractivity contribution < 1.29 is 33.0 Å². The van der Waals surface area contributed by atoms with E-state index >= 15 is 0 Å². The number of piperazine rings is 1. The van der Waals surface area contributed by atoms with Crippen LogP contribution in [0.5, 0.6) is 5.75 Å². The first kappa shape index (κ1) is 31.4. The minimum Gasteiger partial charge on any atom is -0.465 e. The van der Waals surface area contributed by atoms with Gasteiger partial charge in [-0.05, 0) is 34.4 Å². The first-order chi connectivity index (χ1) is 22.4. The van der Waals surface area contributed by atoms with Gasteiger partial charge in [-0.3, -0.25) is 14.3 Å². The number of halogens is 2. The number of amides is 3. The van der Waals surface area contributed by atoms with Crippen LogP contribution in [-0.4, -0.2) is 89.5 Å². The first-order valence-corrected chi connectivity index (χ1v) is 14.8. The molecule has 1 aliphatic heterocycles. The molecule has 47 heavy (non-hydrogen) atoms. The highest BCUT2D eigenvalue weighted by Gasteiger charge is 2.39. The molecule has 0 spiro atoms. The third kappa shape index (κ3) is 6.41. The third-order valence-corrected chi connectivity index (χ3v) is 8.13. The number of anilines is 1. The van der Waals surface area contributed by atoms with Gasteiger partial charge in [-0.1, -0.05) is 45.0 Å². The summed E-state index contributed by atoms with van der Waals surface area (Å²) in [6, 6.07) is 11.4. The lowest BCUT2D eigenvalue weighted by Crippen LogP contribution is -2.60. The van der Waals surface area contributed by atoms with Gasteiger partial charge >= 0.3 is 12.7 Å². The molecule has 5 aromatic rings. The van der Waals surface area contributed by atoms with E-state index < -0.39 is 30.1 Å². The number of hydrogen-bond acceptors (Lipinski definition) is 7. The molecule has 6 rings (SSSR count). The van der Waals surface area contributed by atoms with E-state index in [2.05, 4.69) is 20.5 Å². The van der Waals surface area contributed by atoms with Gasteiger partial charge in [0.1, 0.15) is 23.6 Å². The van der Waals surface area contributed by atoms with E-state index in [0.29, 0.717) is 16.4 Å². The van der Waals surface area contributed by atoms with Crippen molar-refractivity contribution in [2.45, 2.75) is 40.0 Å². The van der Waals surface area contributed by atoms with Gasteiger partial charge in [0, 0.05) is 43.8 Å². The van der Waals surface area contributed by atoms with Crippen LogP contribution in [0.3, 0.4) is 0 Å². The number of fused-ring (bicyclic) bond motifs is 2. The van der Waals surface area contributed by atoms with E-state index in [4.69, 9.17) is 4.74 Å². The molecule has 1 atom stereocenters. The van der Waals surface area contributed by atoms with E-state index in [-0.39, 0.29) is 60.3 Å². The van der Waals surface area contributed by atoms with Crippen LogP contribution in [0.15, 0.2) is 67.3 Å². The molecule has 1 fully saturated rings. The van der Waals surface area contributed by atoms with Crippen molar-refractivity contribution in [3.63, 3.8) is 0 Å². The number of alkyl halides is 2. The Hall–Kier alpha value is -5.60. The minimum absolute atomic E-state index is 0.0975. The summed E-state index contributed by atoms with van der Waals surface area (Å²) in [5.41, 5.74) is 0.433. The van der Waals surface area contributed by atoms with Gasteiger partial charge in [0.15, 0.2) is 5.65 Å². The molecule has 1 saturated heterocycles. The molecular weight excluding hydrogens is 614 g/mol. The molecule has 15 heteroatoms. The number of rotatable bonds is 7. The second-order valence-electron chi connectivity index (χ2n) is 12.3. The van der Waals surface area contributed by atoms with Crippen molar-refractivity contribution in [3.8, 4) is 17.0 Å². The number of nitrogens with zero attached hydrogens (tertiary/aromatic N) is 7. The second-order valence-corrected chi connectivity index (χ2v) is 12.3. The average molecular weight is 647 g/mol. The zero-order valence-corrected chi connectivity index (χ0v) is 25.8. The van der Waals surface area contributed by atoms with Gasteiger partial charge in [0.25, 0.3) is 5.91 Å². The molecule has 4 heterocycles. The van der Waals surface area contributed by atoms with E-state index in [0.717, 1.165) is 0 Å². The van der Waals surface area contributed by atoms with E-state index in [1.54, 1.807) is 47.5 Å². The molecule has 1 unspecified atom stereocenters. The number of carboxylic acid groups (broad SMARTS) is 1. The molecule has 1 aliphatic rings. The van der Waals surface area contributed by atoms with Crippen molar-refractivity contribution >= 4 is 40.0 Å². The zero-order chi connectivity index (χ0) is 33.5. The lowest BCUT2D eigenvalue weighted by molar-refractivity contribution is -0.135. The Kier molecular flexibility index (Phi) is 8.21. The highest BCUT2D eigenvalue weighted by atomic mass is 19.3. The van der Waals surface area contributed by atoms with Gasteiger partial charge in [-0.25, -0.2) is 14.3 Å². The topological polar surface area (TPSA) is 147 Å². The number of nitrogens with one attached hydrogen (secondary N) is 1. The Bertz CT molecular complexity index is 1990. The summed E-state index contributed by atoms with van der Waals surface area (Å²) < 4.78 is 34.9. The number of benzene rings is 2. The number of carbonyl (C=O) groups excluding carboxylic acids is 2. The Balaban J connectivity index is 1.37. The lowest BCUT2D eigenvalue weighted by atomic mass is 9.84. The molecule has 3 aromatic heterocycles. The first-order valence-electron chi connectivity index (χ1n) is 14.8. The predicted octanol–water partition coefficient (Wildman–Crippen LogP) is 4.84. The number of carbonyl (C=O) groups is 3. The minimum atomic E-state index is -3.14. The summed E-state index contributed by atoms with van der Waals surface area (Å²) in [6.45, 7) is 2.87. The van der Waals surface area contributed by atoms with Crippen LogP contribution in [0.2, 0.25) is 0 Å². The lowest BCUT2D eigenvalue weighted by Gasteiger charge is -2.45. The monoisotopic (exact) mass is 646 g/mol. The summed E-state index contributed by atoms with van der Waals surface area (Å²) >= 11 is 0. The number of ether oxygens (including phenoxy) is 1. The fourth-order valence-corrected chi connectivity index (χ4v) is 5.79. The molecule has 0 radical (unpaired) electrons. The van der Waals surface area contributed by atoms with Crippen molar-refractivity contribution in [1.29, 1.82) is 0 Å². The number of hydrogen-bond donors (Lipinski definition) is 2. The fraction of sp³-hybridized carbons (Fsp3) is 0.312. The summed E-state index contributed by atoms with van der Waals surface area (Å²) in [5, 5.41) is 22.6. The molecule has 13 nitrogen and oxygen atoms in total. The highest BCUT2D eigenvalue weighted by Crippen LogP contribution is 2.38. The predicted molar refractivity (Wildman–Crippen MR) is 167 cm³/mol. The van der Waals surface area contributed by atoms with Crippen LogP contribution >= 0.6 is 0 Å². The quantitative estimate of drug-likeness (QED) is 0.256. The standard InChI is InChI=1S/C32H32F2N8O5/c1-32(2,3)25-17-39(11-12-41(25)31(45)46)26(43)18-40-16-23(37-29(44)22-15-36-42-10-6-9-35-28(22)42)27(38-40)21-13-19-7-4-5-8-20(19)14-24(21)47-30(33)34/h4-10,13-16,25,30H,11-12,17-18H2,1-3H3,(H,37,44)(H,45,46). The summed E-state index contributed by atoms with van der Waals surface area (Å²) in [7, 11) is 0. The molecule has 0 bridgehead atoms. The fourth-order valence-electron chi connectivity index (χ4n) is 5.79. The van der Waals surface area contributed by atoms with Crippen molar-refractivity contribution in [1.82, 2.24) is 34.2 Å². The van der Waals surface area contributed by atoms with Crippen LogP contribution in [0.4, 0.5) is 19.3 Å². The Morgan fingerprint density at radius 3 is 2.55 bits per heavy atom. The second kappa shape index (κ2) is 12.3. The molecule has 0 aliphatic carbocycles. The third-order valence-electron chi connectivity index (χ3n) is 8.13. The van der Waals surface area contributed by atoms with Gasteiger partial charge < -0.3 is 25.0 Å². The Labute approximate surface area is 267 Å². The highest BCUT2D eigenvalue weighted by molar-refractivity contribution is 6.09. The van der Waals surface area contributed by atoms with Crippen LogP contribution in [0, 0.1) is 5.41 Å². The number of aromatic nitrogens is 5. The maximum absolute atomic E-state index is 13.6. The average Bonchev–Trinajstić information content (AvgIpc) is 3.63. The SMILES string of the molecule is CC(C)(C)C1CN(C(=O)Cn2cc(NC(=O)c3cnn4cccnc34)c(-c3cc4ccccc4cc3OC(F)F)n2)CCN1C(=O)O. The van der Waals surface area contributed by atoms with E-state index in [9.17, 15) is 28.3 Å². The largest absolute Gasteiger partial charge is 0.465 e. The maximum Gasteiger partial charge on any atom is 0.407 e. The van der Waals surface area contributed by atoms with Gasteiger partial charge in [0.05, 0.1) is 17.9 Å². The molecule has 0 saturated carbocycles. The summed E-state index contributed by atoms with van der Waals surface area (Å²) in [4.78, 5) is 46.2. The van der Waals surface area contributed by atoms with Crippen LogP contribution in [0.25, 0.3) is 27.7 Å². The molecule has 3 amide bonds. The zero-order valence-electron chi connectivity index (χ0n) is 25.8. The van der Waals surface area contributed by atoms with Gasteiger partial charge in [-0.15, -0.1) is 0 Å². The van der Waals surface area contributed by atoms with E-state index in [1.165, 1.54) is 38.8 Å². The normalized spacial score (nSPS) is 15.4. The van der Waals surface area contributed by atoms with Gasteiger partial charge in [-0.2, -0.15) is 19.0 Å².